The number of hydrogen-bond acceptors (Lipinski definition) is 3. The summed E-state index contributed by atoms with van der Waals surface area (Å²) in [7, 11) is 0. The highest BCUT2D eigenvalue weighted by Crippen LogP contribution is 2.06. The normalized spacial score (nSPS) is 10.5. The third kappa shape index (κ3) is 7.34. The topological polar surface area (TPSA) is 55.4 Å². The number of hydrogen-bond donors (Lipinski definition) is 1. The van der Waals surface area contributed by atoms with E-state index in [1.54, 1.807) is 20.8 Å². The summed E-state index contributed by atoms with van der Waals surface area (Å²) in [5.74, 6) is -0.0918. The molecule has 0 aromatic rings. The number of nitrogens with one attached hydrogen (secondary N) is 1. The van der Waals surface area contributed by atoms with Gasteiger partial charge in [-0.2, -0.15) is 0 Å². The molecule has 0 saturated carbocycles. The summed E-state index contributed by atoms with van der Waals surface area (Å²) in [4.78, 5) is 22.0. The third-order valence-corrected chi connectivity index (χ3v) is 1.20. The number of Topliss-reactive ketones (excluding diaryl/α,β-unsaturated/α-hetero) is 1. The van der Waals surface area contributed by atoms with Crippen molar-refractivity contribution in [3.63, 3.8) is 0 Å². The van der Waals surface area contributed by atoms with Crippen LogP contribution >= 0.6 is 0 Å². The third-order valence-electron chi connectivity index (χ3n) is 1.20. The Morgan fingerprint density at radius 1 is 1.43 bits per heavy atom. The number of ketones is 1. The van der Waals surface area contributed by atoms with Gasteiger partial charge >= 0.3 is 6.09 Å². The molecule has 0 bridgehead atoms. The molecule has 14 heavy (non-hydrogen) atoms. The van der Waals surface area contributed by atoms with Crippen LogP contribution < -0.4 is 5.32 Å². The summed E-state index contributed by atoms with van der Waals surface area (Å²) in [6.45, 7) is 8.70. The van der Waals surface area contributed by atoms with E-state index >= 15 is 0 Å². The lowest BCUT2D eigenvalue weighted by Gasteiger charge is -2.19. The monoisotopic (exact) mass is 199 g/mol. The molecular formula is C10H17NO3. The van der Waals surface area contributed by atoms with E-state index in [0.717, 1.165) is 0 Å². The SMILES string of the molecule is C=CCC(=O)CNC(=O)OC(C)(C)C. The Hall–Kier alpha value is -1.32. The van der Waals surface area contributed by atoms with Crippen molar-refractivity contribution >= 4 is 11.9 Å². The van der Waals surface area contributed by atoms with Gasteiger partial charge in [-0.05, 0) is 20.8 Å². The standard InChI is InChI=1S/C10H17NO3/c1-5-6-8(12)7-11-9(13)14-10(2,3)4/h5H,1,6-7H2,2-4H3,(H,11,13). The van der Waals surface area contributed by atoms with Gasteiger partial charge in [0.1, 0.15) is 5.60 Å². The van der Waals surface area contributed by atoms with Crippen molar-refractivity contribution in [2.45, 2.75) is 32.8 Å². The van der Waals surface area contributed by atoms with Gasteiger partial charge in [0.15, 0.2) is 5.78 Å². The van der Waals surface area contributed by atoms with Crippen LogP contribution in [0.5, 0.6) is 0 Å². The zero-order valence-corrected chi connectivity index (χ0v) is 8.92. The van der Waals surface area contributed by atoms with Crippen LogP contribution in [0, 0.1) is 0 Å². The number of carbonyl (C=O) groups excluding carboxylic acids is 2. The zero-order chi connectivity index (χ0) is 11.2. The van der Waals surface area contributed by atoms with Crippen LogP contribution in [-0.4, -0.2) is 24.0 Å². The van der Waals surface area contributed by atoms with E-state index in [0.29, 0.717) is 0 Å². The van der Waals surface area contributed by atoms with Crippen molar-refractivity contribution in [1.82, 2.24) is 5.32 Å². The van der Waals surface area contributed by atoms with E-state index in [-0.39, 0.29) is 18.7 Å². The van der Waals surface area contributed by atoms with Crippen LogP contribution in [0.4, 0.5) is 4.79 Å². The molecule has 0 heterocycles. The molecule has 0 spiro atoms. The van der Waals surface area contributed by atoms with Crippen molar-refractivity contribution in [3.05, 3.63) is 12.7 Å². The highest BCUT2D eigenvalue weighted by molar-refractivity contribution is 5.84. The van der Waals surface area contributed by atoms with Crippen molar-refractivity contribution in [3.8, 4) is 0 Å². The van der Waals surface area contributed by atoms with Gasteiger partial charge in [-0.15, -0.1) is 6.58 Å². The second-order valence-corrected chi connectivity index (χ2v) is 3.89. The number of carbonyl (C=O) groups is 2. The van der Waals surface area contributed by atoms with Crippen LogP contribution in [-0.2, 0) is 9.53 Å². The maximum atomic E-state index is 11.1. The quantitative estimate of drug-likeness (QED) is 0.700. The second-order valence-electron chi connectivity index (χ2n) is 3.89. The maximum Gasteiger partial charge on any atom is 0.408 e. The van der Waals surface area contributed by atoms with Gasteiger partial charge in [0, 0.05) is 6.42 Å². The summed E-state index contributed by atoms with van der Waals surface area (Å²) in [5, 5.41) is 2.37. The Morgan fingerprint density at radius 2 is 2.00 bits per heavy atom. The summed E-state index contributed by atoms with van der Waals surface area (Å²) in [6.07, 6.45) is 1.18. The lowest BCUT2D eigenvalue weighted by Crippen LogP contribution is -2.35. The number of allylic oxidation sites excluding steroid dienone is 1. The first-order chi connectivity index (χ1) is 6.35. The summed E-state index contributed by atoms with van der Waals surface area (Å²) >= 11 is 0. The Bertz CT molecular complexity index is 228. The number of rotatable bonds is 4. The molecule has 4 nitrogen and oxygen atoms in total. The fourth-order valence-electron chi connectivity index (χ4n) is 0.718. The van der Waals surface area contributed by atoms with E-state index in [4.69, 9.17) is 4.74 Å². The van der Waals surface area contributed by atoms with Gasteiger partial charge < -0.3 is 10.1 Å². The second kappa shape index (κ2) is 5.42. The predicted molar refractivity (Wildman–Crippen MR) is 54.1 cm³/mol. The molecule has 0 aromatic carbocycles. The fraction of sp³-hybridized carbons (Fsp3) is 0.600. The molecule has 1 amide bonds. The fourth-order valence-corrected chi connectivity index (χ4v) is 0.718. The van der Waals surface area contributed by atoms with Gasteiger partial charge in [0.05, 0.1) is 6.54 Å². The molecule has 0 fully saturated rings. The van der Waals surface area contributed by atoms with Crippen LogP contribution in [0.25, 0.3) is 0 Å². The first-order valence-corrected chi connectivity index (χ1v) is 4.44. The molecule has 0 aromatic heterocycles. The molecule has 0 atom stereocenters. The average molecular weight is 199 g/mol. The molecular weight excluding hydrogens is 182 g/mol. The molecule has 80 valence electrons. The molecule has 0 radical (unpaired) electrons. The minimum Gasteiger partial charge on any atom is -0.444 e. The van der Waals surface area contributed by atoms with Crippen molar-refractivity contribution in [2.24, 2.45) is 0 Å². The summed E-state index contributed by atoms with van der Waals surface area (Å²) < 4.78 is 4.94. The Kier molecular flexibility index (Phi) is 4.91. The largest absolute Gasteiger partial charge is 0.444 e. The molecule has 4 heteroatoms. The first-order valence-electron chi connectivity index (χ1n) is 4.44. The number of amides is 1. The molecule has 0 saturated heterocycles. The van der Waals surface area contributed by atoms with E-state index < -0.39 is 11.7 Å². The molecule has 0 unspecified atom stereocenters. The van der Waals surface area contributed by atoms with Gasteiger partial charge in [0.25, 0.3) is 0 Å². The summed E-state index contributed by atoms with van der Waals surface area (Å²) in [5.41, 5.74) is -0.536. The van der Waals surface area contributed by atoms with E-state index in [9.17, 15) is 9.59 Å². The lowest BCUT2D eigenvalue weighted by molar-refractivity contribution is -0.117. The lowest BCUT2D eigenvalue weighted by atomic mass is 10.2. The van der Waals surface area contributed by atoms with Crippen molar-refractivity contribution < 1.29 is 14.3 Å². The van der Waals surface area contributed by atoms with Crippen molar-refractivity contribution in [2.75, 3.05) is 6.54 Å². The molecule has 0 aliphatic carbocycles. The Labute approximate surface area is 84.3 Å². The molecule has 1 N–H and O–H groups in total. The predicted octanol–water partition coefficient (Wildman–Crippen LogP) is 1.66. The van der Waals surface area contributed by atoms with Gasteiger partial charge in [0.2, 0.25) is 0 Å². The number of ether oxygens (including phenoxy) is 1. The molecule has 0 aliphatic rings. The average Bonchev–Trinajstić information content (AvgIpc) is 1.98. The molecule has 0 aliphatic heterocycles. The smallest absolute Gasteiger partial charge is 0.408 e. The minimum absolute atomic E-state index is 0.0130. The first kappa shape index (κ1) is 12.7. The van der Waals surface area contributed by atoms with Crippen LogP contribution in [0.15, 0.2) is 12.7 Å². The van der Waals surface area contributed by atoms with Gasteiger partial charge in [-0.1, -0.05) is 6.08 Å². The Morgan fingerprint density at radius 3 is 2.43 bits per heavy atom. The highest BCUT2D eigenvalue weighted by atomic mass is 16.6. The van der Waals surface area contributed by atoms with E-state index in [1.807, 2.05) is 0 Å². The minimum atomic E-state index is -0.574. The van der Waals surface area contributed by atoms with Crippen molar-refractivity contribution in [1.29, 1.82) is 0 Å². The highest BCUT2D eigenvalue weighted by Gasteiger charge is 2.16. The number of alkyl carbamates (subject to hydrolysis) is 1. The summed E-state index contributed by atoms with van der Waals surface area (Å²) in [6, 6.07) is 0. The van der Waals surface area contributed by atoms with Crippen LogP contribution in [0.1, 0.15) is 27.2 Å². The van der Waals surface area contributed by atoms with Gasteiger partial charge in [-0.3, -0.25) is 4.79 Å². The van der Waals surface area contributed by atoms with E-state index in [1.165, 1.54) is 6.08 Å². The van der Waals surface area contributed by atoms with Crippen LogP contribution in [0.2, 0.25) is 0 Å². The molecule has 0 rings (SSSR count). The van der Waals surface area contributed by atoms with Crippen LogP contribution in [0.3, 0.4) is 0 Å². The van der Waals surface area contributed by atoms with Gasteiger partial charge in [-0.25, -0.2) is 4.79 Å². The zero-order valence-electron chi connectivity index (χ0n) is 8.92. The Balaban J connectivity index is 3.75. The maximum absolute atomic E-state index is 11.1. The van der Waals surface area contributed by atoms with E-state index in [2.05, 4.69) is 11.9 Å².